The van der Waals surface area contributed by atoms with Gasteiger partial charge in [0.05, 0.1) is 0 Å². The van der Waals surface area contributed by atoms with Gasteiger partial charge < -0.3 is 14.7 Å². The van der Waals surface area contributed by atoms with Crippen molar-refractivity contribution in [2.45, 2.75) is 19.8 Å². The van der Waals surface area contributed by atoms with E-state index in [1.807, 2.05) is 4.90 Å². The fourth-order valence-electron chi connectivity index (χ4n) is 3.81. The third kappa shape index (κ3) is 4.22. The van der Waals surface area contributed by atoms with Gasteiger partial charge >= 0.3 is 0 Å². The zero-order valence-corrected chi connectivity index (χ0v) is 17.0. The number of anilines is 2. The summed E-state index contributed by atoms with van der Waals surface area (Å²) in [6, 6.07) is 11.2. The molecule has 0 aliphatic carbocycles. The second-order valence-corrected chi connectivity index (χ2v) is 8.14. The molecule has 2 fully saturated rings. The Morgan fingerprint density at radius 1 is 0.857 bits per heavy atom. The highest BCUT2D eigenvalue weighted by Gasteiger charge is 2.23. The van der Waals surface area contributed by atoms with Gasteiger partial charge in [-0.3, -0.25) is 4.79 Å². The van der Waals surface area contributed by atoms with Gasteiger partial charge in [-0.25, -0.2) is 0 Å². The summed E-state index contributed by atoms with van der Waals surface area (Å²) >= 11 is 5.91. The van der Waals surface area contributed by atoms with Crippen LogP contribution in [0, 0.1) is 5.92 Å². The van der Waals surface area contributed by atoms with E-state index in [2.05, 4.69) is 39.1 Å². The standard InChI is InChI=1S/C21H26ClN5O/c1-16-8-10-25(11-9-16)19-6-7-20(24-23-19)26-12-14-27(15-13-26)21(28)17-2-4-18(22)5-3-17/h2-7,16H,8-15H2,1H3. The second-order valence-electron chi connectivity index (χ2n) is 7.71. The van der Waals surface area contributed by atoms with Crippen LogP contribution in [0.25, 0.3) is 0 Å². The Labute approximate surface area is 171 Å². The van der Waals surface area contributed by atoms with Crippen LogP contribution in [-0.4, -0.2) is 60.3 Å². The number of nitrogens with zero attached hydrogens (tertiary/aromatic N) is 5. The number of halogens is 1. The number of piperidine rings is 1. The van der Waals surface area contributed by atoms with E-state index in [0.717, 1.165) is 43.7 Å². The Kier molecular flexibility index (Phi) is 5.67. The van der Waals surface area contributed by atoms with E-state index in [9.17, 15) is 4.79 Å². The molecule has 148 valence electrons. The molecule has 0 saturated carbocycles. The number of carbonyl (C=O) groups is 1. The van der Waals surface area contributed by atoms with Crippen molar-refractivity contribution in [3.8, 4) is 0 Å². The Morgan fingerprint density at radius 2 is 1.39 bits per heavy atom. The van der Waals surface area contributed by atoms with Crippen molar-refractivity contribution in [1.82, 2.24) is 15.1 Å². The lowest BCUT2D eigenvalue weighted by atomic mass is 9.99. The largest absolute Gasteiger partial charge is 0.355 e. The van der Waals surface area contributed by atoms with E-state index in [-0.39, 0.29) is 5.91 Å². The third-order valence-corrected chi connectivity index (χ3v) is 5.98. The van der Waals surface area contributed by atoms with Gasteiger partial charge in [0.2, 0.25) is 0 Å². The maximum Gasteiger partial charge on any atom is 0.253 e. The monoisotopic (exact) mass is 399 g/mol. The molecular weight excluding hydrogens is 374 g/mol. The van der Waals surface area contributed by atoms with Crippen LogP contribution in [0.15, 0.2) is 36.4 Å². The number of hydrogen-bond acceptors (Lipinski definition) is 5. The van der Waals surface area contributed by atoms with E-state index in [1.165, 1.54) is 12.8 Å². The van der Waals surface area contributed by atoms with E-state index < -0.39 is 0 Å². The van der Waals surface area contributed by atoms with Crippen molar-refractivity contribution in [2.75, 3.05) is 49.1 Å². The number of carbonyl (C=O) groups excluding carboxylic acids is 1. The number of amides is 1. The first-order valence-electron chi connectivity index (χ1n) is 9.98. The van der Waals surface area contributed by atoms with Crippen molar-refractivity contribution < 1.29 is 4.79 Å². The van der Waals surface area contributed by atoms with Gasteiger partial charge in [-0.2, -0.15) is 0 Å². The lowest BCUT2D eigenvalue weighted by Crippen LogP contribution is -2.49. The highest BCUT2D eigenvalue weighted by molar-refractivity contribution is 6.30. The van der Waals surface area contributed by atoms with Crippen LogP contribution in [0.3, 0.4) is 0 Å². The van der Waals surface area contributed by atoms with Crippen LogP contribution in [0.5, 0.6) is 0 Å². The fraction of sp³-hybridized carbons (Fsp3) is 0.476. The van der Waals surface area contributed by atoms with Gasteiger partial charge in [0.15, 0.2) is 11.6 Å². The number of piperazine rings is 1. The van der Waals surface area contributed by atoms with Gasteiger partial charge in [0.25, 0.3) is 5.91 Å². The first-order valence-corrected chi connectivity index (χ1v) is 10.4. The van der Waals surface area contributed by atoms with Crippen molar-refractivity contribution >= 4 is 29.1 Å². The number of rotatable bonds is 3. The Bertz CT molecular complexity index is 795. The maximum atomic E-state index is 12.6. The third-order valence-electron chi connectivity index (χ3n) is 5.73. The molecule has 28 heavy (non-hydrogen) atoms. The minimum Gasteiger partial charge on any atom is -0.355 e. The maximum absolute atomic E-state index is 12.6. The average Bonchev–Trinajstić information content (AvgIpc) is 2.75. The van der Waals surface area contributed by atoms with Crippen LogP contribution < -0.4 is 9.80 Å². The molecule has 2 aliphatic heterocycles. The molecule has 4 rings (SSSR count). The first kappa shape index (κ1) is 19.0. The molecule has 2 saturated heterocycles. The summed E-state index contributed by atoms with van der Waals surface area (Å²) in [6.45, 7) is 7.29. The van der Waals surface area contributed by atoms with Gasteiger partial charge in [0, 0.05) is 49.9 Å². The quantitative estimate of drug-likeness (QED) is 0.792. The number of benzene rings is 1. The van der Waals surface area contributed by atoms with E-state index in [1.54, 1.807) is 24.3 Å². The Morgan fingerprint density at radius 3 is 1.93 bits per heavy atom. The molecule has 0 N–H and O–H groups in total. The molecule has 1 aromatic carbocycles. The van der Waals surface area contributed by atoms with Crippen molar-refractivity contribution in [2.24, 2.45) is 5.92 Å². The number of aromatic nitrogens is 2. The van der Waals surface area contributed by atoms with Crippen LogP contribution in [0.1, 0.15) is 30.1 Å². The van der Waals surface area contributed by atoms with Gasteiger partial charge in [-0.15, -0.1) is 10.2 Å². The highest BCUT2D eigenvalue weighted by Crippen LogP contribution is 2.22. The minimum absolute atomic E-state index is 0.0528. The van der Waals surface area contributed by atoms with E-state index in [0.29, 0.717) is 23.7 Å². The summed E-state index contributed by atoms with van der Waals surface area (Å²) in [6.07, 6.45) is 2.43. The molecule has 1 amide bonds. The van der Waals surface area contributed by atoms with Crippen LogP contribution in [-0.2, 0) is 0 Å². The van der Waals surface area contributed by atoms with Gasteiger partial charge in [0.1, 0.15) is 0 Å². The molecule has 0 bridgehead atoms. The van der Waals surface area contributed by atoms with Crippen LogP contribution in [0.2, 0.25) is 5.02 Å². The second kappa shape index (κ2) is 8.35. The van der Waals surface area contributed by atoms with Crippen LogP contribution in [0.4, 0.5) is 11.6 Å². The average molecular weight is 400 g/mol. The Balaban J connectivity index is 1.33. The smallest absolute Gasteiger partial charge is 0.253 e. The number of hydrogen-bond donors (Lipinski definition) is 0. The van der Waals surface area contributed by atoms with Gasteiger partial charge in [-0.05, 0) is 55.2 Å². The summed E-state index contributed by atoms with van der Waals surface area (Å²) in [5, 5.41) is 9.55. The molecular formula is C21H26ClN5O. The molecule has 7 heteroatoms. The topological polar surface area (TPSA) is 52.6 Å². The lowest BCUT2D eigenvalue weighted by molar-refractivity contribution is 0.0746. The first-order chi connectivity index (χ1) is 13.6. The molecule has 2 aromatic rings. The summed E-state index contributed by atoms with van der Waals surface area (Å²) in [5.74, 6) is 2.70. The van der Waals surface area contributed by atoms with E-state index in [4.69, 9.17) is 11.6 Å². The summed E-state index contributed by atoms with van der Waals surface area (Å²) in [5.41, 5.74) is 0.679. The van der Waals surface area contributed by atoms with Crippen molar-refractivity contribution in [3.05, 3.63) is 47.0 Å². The molecule has 0 atom stereocenters. The zero-order chi connectivity index (χ0) is 19.5. The highest BCUT2D eigenvalue weighted by atomic mass is 35.5. The lowest BCUT2D eigenvalue weighted by Gasteiger charge is -2.35. The molecule has 2 aliphatic rings. The summed E-state index contributed by atoms with van der Waals surface area (Å²) in [7, 11) is 0. The Hall–Kier alpha value is -2.34. The molecule has 0 radical (unpaired) electrons. The van der Waals surface area contributed by atoms with E-state index >= 15 is 0 Å². The molecule has 1 aromatic heterocycles. The van der Waals surface area contributed by atoms with Gasteiger partial charge in [-0.1, -0.05) is 18.5 Å². The fourth-order valence-corrected chi connectivity index (χ4v) is 3.93. The predicted octanol–water partition coefficient (Wildman–Crippen LogP) is 3.33. The van der Waals surface area contributed by atoms with Crippen LogP contribution >= 0.6 is 11.6 Å². The van der Waals surface area contributed by atoms with Crippen molar-refractivity contribution in [3.63, 3.8) is 0 Å². The zero-order valence-electron chi connectivity index (χ0n) is 16.2. The molecule has 0 unspecified atom stereocenters. The summed E-state index contributed by atoms with van der Waals surface area (Å²) < 4.78 is 0. The molecule has 0 spiro atoms. The summed E-state index contributed by atoms with van der Waals surface area (Å²) in [4.78, 5) is 19.0. The minimum atomic E-state index is 0.0528. The molecule has 6 nitrogen and oxygen atoms in total. The SMILES string of the molecule is CC1CCN(c2ccc(N3CCN(C(=O)c4ccc(Cl)cc4)CC3)nn2)CC1. The normalized spacial score (nSPS) is 18.4. The predicted molar refractivity (Wildman–Crippen MR) is 112 cm³/mol. The van der Waals surface area contributed by atoms with Crippen molar-refractivity contribution in [1.29, 1.82) is 0 Å². The molecule has 3 heterocycles.